The van der Waals surface area contributed by atoms with Crippen LogP contribution in [0, 0.1) is 13.8 Å². The number of carbonyl (C=O) groups excluding carboxylic acids is 2. The fourth-order valence-electron chi connectivity index (χ4n) is 2.17. The van der Waals surface area contributed by atoms with E-state index in [1.54, 1.807) is 27.8 Å². The normalized spacial score (nSPS) is 11.6. The van der Waals surface area contributed by atoms with Gasteiger partial charge in [0.15, 0.2) is 0 Å². The van der Waals surface area contributed by atoms with Gasteiger partial charge in [-0.3, -0.25) is 14.3 Å². The highest BCUT2D eigenvalue weighted by molar-refractivity contribution is 6.43. The Labute approximate surface area is 127 Å². The smallest absolute Gasteiger partial charge is 0.327 e. The summed E-state index contributed by atoms with van der Waals surface area (Å²) in [5, 5.41) is 4.01. The van der Waals surface area contributed by atoms with Gasteiger partial charge in [-0.1, -0.05) is 13.3 Å². The highest BCUT2D eigenvalue weighted by Gasteiger charge is 2.36. The second-order valence-corrected chi connectivity index (χ2v) is 5.19. The van der Waals surface area contributed by atoms with Gasteiger partial charge >= 0.3 is 6.18 Å². The SMILES string of the molecule is CCCCN(CC(F)(F)F)C(=O)C(=O)c1c(C)nn(C)c1C. The molecule has 0 saturated heterocycles. The van der Waals surface area contributed by atoms with Gasteiger partial charge in [-0.25, -0.2) is 0 Å². The summed E-state index contributed by atoms with van der Waals surface area (Å²) >= 11 is 0. The van der Waals surface area contributed by atoms with Crippen LogP contribution in [0.3, 0.4) is 0 Å². The van der Waals surface area contributed by atoms with E-state index in [-0.39, 0.29) is 12.1 Å². The summed E-state index contributed by atoms with van der Waals surface area (Å²) in [6.07, 6.45) is -3.51. The van der Waals surface area contributed by atoms with Crippen molar-refractivity contribution in [2.24, 2.45) is 7.05 Å². The molecular weight excluding hydrogens is 299 g/mol. The number of nitrogens with zero attached hydrogens (tertiary/aromatic N) is 3. The Hall–Kier alpha value is -1.86. The fourth-order valence-corrected chi connectivity index (χ4v) is 2.17. The third kappa shape index (κ3) is 4.32. The number of halogens is 3. The summed E-state index contributed by atoms with van der Waals surface area (Å²) in [5.41, 5.74) is 0.871. The van der Waals surface area contributed by atoms with Gasteiger partial charge in [-0.05, 0) is 20.3 Å². The Morgan fingerprint density at radius 1 is 1.27 bits per heavy atom. The molecular formula is C14H20F3N3O2. The van der Waals surface area contributed by atoms with Gasteiger partial charge in [0, 0.05) is 19.3 Å². The molecule has 1 rings (SSSR count). The van der Waals surface area contributed by atoms with Crippen molar-refractivity contribution in [3.8, 4) is 0 Å². The number of amides is 1. The lowest BCUT2D eigenvalue weighted by Crippen LogP contribution is -2.43. The third-order valence-corrected chi connectivity index (χ3v) is 3.37. The molecule has 124 valence electrons. The molecule has 5 nitrogen and oxygen atoms in total. The van der Waals surface area contributed by atoms with Gasteiger partial charge in [0.2, 0.25) is 0 Å². The average Bonchev–Trinajstić information content (AvgIpc) is 2.65. The van der Waals surface area contributed by atoms with Crippen molar-refractivity contribution in [3.63, 3.8) is 0 Å². The van der Waals surface area contributed by atoms with Crippen LogP contribution in [0.15, 0.2) is 0 Å². The maximum Gasteiger partial charge on any atom is 0.406 e. The van der Waals surface area contributed by atoms with Crippen LogP contribution in [-0.2, 0) is 11.8 Å². The minimum atomic E-state index is -4.54. The lowest BCUT2D eigenvalue weighted by atomic mass is 10.1. The first-order valence-corrected chi connectivity index (χ1v) is 6.99. The highest BCUT2D eigenvalue weighted by Crippen LogP contribution is 2.19. The Balaban J connectivity index is 3.04. The maximum absolute atomic E-state index is 12.6. The van der Waals surface area contributed by atoms with Crippen molar-refractivity contribution in [3.05, 3.63) is 17.0 Å². The number of Topliss-reactive ketones (excluding diaryl/α,β-unsaturated/α-hetero) is 1. The quantitative estimate of drug-likeness (QED) is 0.598. The molecule has 0 aliphatic carbocycles. The molecule has 0 spiro atoms. The predicted molar refractivity (Wildman–Crippen MR) is 74.6 cm³/mol. The summed E-state index contributed by atoms with van der Waals surface area (Å²) in [6, 6.07) is 0. The summed E-state index contributed by atoms with van der Waals surface area (Å²) in [5.74, 6) is -2.08. The third-order valence-electron chi connectivity index (χ3n) is 3.37. The molecule has 0 fully saturated rings. The van der Waals surface area contributed by atoms with Crippen molar-refractivity contribution in [1.82, 2.24) is 14.7 Å². The van der Waals surface area contributed by atoms with Gasteiger partial charge in [-0.15, -0.1) is 0 Å². The molecule has 0 aliphatic heterocycles. The van der Waals surface area contributed by atoms with E-state index in [9.17, 15) is 22.8 Å². The first-order valence-electron chi connectivity index (χ1n) is 6.99. The Morgan fingerprint density at radius 2 is 1.86 bits per heavy atom. The van der Waals surface area contributed by atoms with Gasteiger partial charge in [0.1, 0.15) is 6.54 Å². The monoisotopic (exact) mass is 319 g/mol. The number of alkyl halides is 3. The van der Waals surface area contributed by atoms with Crippen LogP contribution < -0.4 is 0 Å². The molecule has 0 bridgehead atoms. The van der Waals surface area contributed by atoms with Crippen LogP contribution in [0.5, 0.6) is 0 Å². The van der Waals surface area contributed by atoms with Crippen LogP contribution >= 0.6 is 0 Å². The molecule has 1 amide bonds. The van der Waals surface area contributed by atoms with E-state index >= 15 is 0 Å². The maximum atomic E-state index is 12.6. The molecule has 22 heavy (non-hydrogen) atoms. The molecule has 0 saturated carbocycles. The summed E-state index contributed by atoms with van der Waals surface area (Å²) < 4.78 is 39.2. The second kappa shape index (κ2) is 6.93. The zero-order valence-electron chi connectivity index (χ0n) is 13.1. The first kappa shape index (κ1) is 18.2. The average molecular weight is 319 g/mol. The minimum absolute atomic E-state index is 0.0798. The highest BCUT2D eigenvalue weighted by atomic mass is 19.4. The van der Waals surface area contributed by atoms with E-state index < -0.39 is 24.4 Å². The molecule has 0 aliphatic rings. The van der Waals surface area contributed by atoms with E-state index in [1.165, 1.54) is 4.68 Å². The number of carbonyl (C=O) groups is 2. The summed E-state index contributed by atoms with van der Waals surface area (Å²) in [7, 11) is 1.61. The number of hydrogen-bond donors (Lipinski definition) is 0. The second-order valence-electron chi connectivity index (χ2n) is 5.19. The van der Waals surface area contributed by atoms with Crippen LogP contribution in [0.4, 0.5) is 13.2 Å². The van der Waals surface area contributed by atoms with E-state index in [4.69, 9.17) is 0 Å². The lowest BCUT2D eigenvalue weighted by Gasteiger charge is -2.23. The van der Waals surface area contributed by atoms with Crippen molar-refractivity contribution < 1.29 is 22.8 Å². The largest absolute Gasteiger partial charge is 0.406 e. The standard InChI is InChI=1S/C14H20F3N3O2/c1-5-6-7-20(8-14(15,16)17)13(22)12(21)11-9(2)18-19(4)10(11)3/h5-8H2,1-4H3. The van der Waals surface area contributed by atoms with E-state index in [2.05, 4.69) is 5.10 Å². The van der Waals surface area contributed by atoms with Crippen LogP contribution in [0.25, 0.3) is 0 Å². The molecule has 1 aromatic rings. The molecule has 0 unspecified atom stereocenters. The molecule has 1 aromatic heterocycles. The molecule has 0 atom stereocenters. The topological polar surface area (TPSA) is 55.2 Å². The van der Waals surface area contributed by atoms with Crippen molar-refractivity contribution in [2.45, 2.75) is 39.8 Å². The fraction of sp³-hybridized carbons (Fsp3) is 0.643. The van der Waals surface area contributed by atoms with Crippen molar-refractivity contribution in [1.29, 1.82) is 0 Å². The zero-order valence-corrected chi connectivity index (χ0v) is 13.1. The zero-order chi connectivity index (χ0) is 17.1. The number of aromatic nitrogens is 2. The van der Waals surface area contributed by atoms with Crippen LogP contribution in [0.2, 0.25) is 0 Å². The molecule has 8 heteroatoms. The lowest BCUT2D eigenvalue weighted by molar-refractivity contribution is -0.158. The van der Waals surface area contributed by atoms with Gasteiger partial charge in [0.05, 0.1) is 11.3 Å². The number of unbranched alkanes of at least 4 members (excludes halogenated alkanes) is 1. The summed E-state index contributed by atoms with van der Waals surface area (Å²) in [6.45, 7) is 3.43. The van der Waals surface area contributed by atoms with Gasteiger partial charge < -0.3 is 4.90 Å². The molecule has 0 N–H and O–H groups in total. The molecule has 1 heterocycles. The van der Waals surface area contributed by atoms with Crippen LogP contribution in [0.1, 0.15) is 41.5 Å². The minimum Gasteiger partial charge on any atom is -0.327 e. The number of hydrogen-bond acceptors (Lipinski definition) is 3. The van der Waals surface area contributed by atoms with Gasteiger partial charge in [-0.2, -0.15) is 18.3 Å². The number of ketones is 1. The molecule has 0 aromatic carbocycles. The predicted octanol–water partition coefficient (Wildman–Crippen LogP) is 2.41. The van der Waals surface area contributed by atoms with Crippen molar-refractivity contribution >= 4 is 11.7 Å². The van der Waals surface area contributed by atoms with E-state index in [1.807, 2.05) is 0 Å². The summed E-state index contributed by atoms with van der Waals surface area (Å²) in [4.78, 5) is 25.0. The Kier molecular flexibility index (Phi) is 5.73. The Bertz CT molecular complexity index is 564. The Morgan fingerprint density at radius 3 is 2.27 bits per heavy atom. The first-order chi connectivity index (χ1) is 10.1. The van der Waals surface area contributed by atoms with Crippen molar-refractivity contribution in [2.75, 3.05) is 13.1 Å². The number of aryl methyl sites for hydroxylation is 2. The van der Waals surface area contributed by atoms with Gasteiger partial charge in [0.25, 0.3) is 11.7 Å². The van der Waals surface area contributed by atoms with E-state index in [0.29, 0.717) is 29.1 Å². The number of rotatable bonds is 6. The van der Waals surface area contributed by atoms with E-state index in [0.717, 1.165) is 0 Å². The molecule has 0 radical (unpaired) electrons. The van der Waals surface area contributed by atoms with Crippen LogP contribution in [-0.4, -0.2) is 45.6 Å².